The highest BCUT2D eigenvalue weighted by Crippen LogP contribution is 2.44. The lowest BCUT2D eigenvalue weighted by Gasteiger charge is -2.40. The number of aromatic nitrogens is 3. The summed E-state index contributed by atoms with van der Waals surface area (Å²) in [5.74, 6) is 1.04. The van der Waals surface area contributed by atoms with Crippen molar-refractivity contribution in [3.63, 3.8) is 0 Å². The molecule has 0 bridgehead atoms. The molecule has 0 atom stereocenters. The Bertz CT molecular complexity index is 686. The van der Waals surface area contributed by atoms with E-state index in [2.05, 4.69) is 32.2 Å². The fourth-order valence-corrected chi connectivity index (χ4v) is 3.47. The molecular formula is C18H22N4O. The SMILES string of the molecule is O=C(NCc1nncn1C1CC1)C1(Cc2ccccc2)CCC1. The van der Waals surface area contributed by atoms with Gasteiger partial charge >= 0.3 is 0 Å². The summed E-state index contributed by atoms with van der Waals surface area (Å²) in [7, 11) is 0. The van der Waals surface area contributed by atoms with Crippen LogP contribution in [0.1, 0.15) is 49.5 Å². The number of hydrogen-bond acceptors (Lipinski definition) is 3. The Labute approximate surface area is 136 Å². The Hall–Kier alpha value is -2.17. The predicted molar refractivity (Wildman–Crippen MR) is 86.6 cm³/mol. The zero-order chi connectivity index (χ0) is 15.7. The summed E-state index contributed by atoms with van der Waals surface area (Å²) in [6.07, 6.45) is 8.08. The molecule has 1 aromatic heterocycles. The fourth-order valence-electron chi connectivity index (χ4n) is 3.47. The van der Waals surface area contributed by atoms with Gasteiger partial charge in [0.05, 0.1) is 12.0 Å². The molecule has 0 unspecified atom stereocenters. The molecule has 1 aromatic carbocycles. The van der Waals surface area contributed by atoms with E-state index < -0.39 is 0 Å². The van der Waals surface area contributed by atoms with Crippen LogP contribution < -0.4 is 5.32 Å². The van der Waals surface area contributed by atoms with Gasteiger partial charge in [0.2, 0.25) is 5.91 Å². The van der Waals surface area contributed by atoms with E-state index in [0.29, 0.717) is 12.6 Å². The molecule has 5 heteroatoms. The Morgan fingerprint density at radius 2 is 2.04 bits per heavy atom. The van der Waals surface area contributed by atoms with Gasteiger partial charge in [-0.15, -0.1) is 10.2 Å². The molecule has 2 fully saturated rings. The molecule has 1 heterocycles. The molecule has 2 aliphatic carbocycles. The Morgan fingerprint density at radius 3 is 2.70 bits per heavy atom. The van der Waals surface area contributed by atoms with Crippen molar-refractivity contribution < 1.29 is 4.79 Å². The Kier molecular flexibility index (Phi) is 3.63. The van der Waals surface area contributed by atoms with Crippen LogP contribution >= 0.6 is 0 Å². The van der Waals surface area contributed by atoms with Crippen LogP contribution in [-0.4, -0.2) is 20.7 Å². The third-order valence-electron chi connectivity index (χ3n) is 5.17. The molecular weight excluding hydrogens is 288 g/mol. The number of nitrogens with zero attached hydrogens (tertiary/aromatic N) is 3. The number of rotatable bonds is 6. The monoisotopic (exact) mass is 310 g/mol. The van der Waals surface area contributed by atoms with Crippen LogP contribution in [0, 0.1) is 5.41 Å². The molecule has 0 aliphatic heterocycles. The van der Waals surface area contributed by atoms with Gasteiger partial charge in [0.15, 0.2) is 5.82 Å². The Morgan fingerprint density at radius 1 is 1.26 bits per heavy atom. The molecule has 1 N–H and O–H groups in total. The van der Waals surface area contributed by atoms with E-state index in [1.165, 1.54) is 18.4 Å². The number of carbonyl (C=O) groups is 1. The highest BCUT2D eigenvalue weighted by molar-refractivity contribution is 5.83. The van der Waals surface area contributed by atoms with E-state index in [-0.39, 0.29) is 11.3 Å². The maximum Gasteiger partial charge on any atom is 0.226 e. The summed E-state index contributed by atoms with van der Waals surface area (Å²) in [5.41, 5.74) is 1.01. The van der Waals surface area contributed by atoms with Crippen molar-refractivity contribution in [3.8, 4) is 0 Å². The summed E-state index contributed by atoms with van der Waals surface area (Å²) >= 11 is 0. The molecule has 4 rings (SSSR count). The van der Waals surface area contributed by atoms with Crippen molar-refractivity contribution in [2.75, 3.05) is 0 Å². The van der Waals surface area contributed by atoms with Gasteiger partial charge in [-0.05, 0) is 37.7 Å². The lowest BCUT2D eigenvalue weighted by Crippen LogP contribution is -2.47. The first-order chi connectivity index (χ1) is 11.3. The van der Waals surface area contributed by atoms with Gasteiger partial charge in [-0.25, -0.2) is 0 Å². The summed E-state index contributed by atoms with van der Waals surface area (Å²) < 4.78 is 2.10. The van der Waals surface area contributed by atoms with E-state index >= 15 is 0 Å². The normalized spacial score (nSPS) is 19.1. The zero-order valence-electron chi connectivity index (χ0n) is 13.2. The smallest absolute Gasteiger partial charge is 0.226 e. The van der Waals surface area contributed by atoms with Crippen LogP contribution in [0.25, 0.3) is 0 Å². The maximum atomic E-state index is 12.8. The molecule has 23 heavy (non-hydrogen) atoms. The van der Waals surface area contributed by atoms with Crippen molar-refractivity contribution in [2.24, 2.45) is 5.41 Å². The minimum Gasteiger partial charge on any atom is -0.348 e. The van der Waals surface area contributed by atoms with Crippen LogP contribution in [-0.2, 0) is 17.8 Å². The van der Waals surface area contributed by atoms with Gasteiger partial charge < -0.3 is 9.88 Å². The Balaban J connectivity index is 1.41. The van der Waals surface area contributed by atoms with Crippen LogP contribution in [0.4, 0.5) is 0 Å². The lowest BCUT2D eigenvalue weighted by atomic mass is 9.64. The summed E-state index contributed by atoms with van der Waals surface area (Å²) in [4.78, 5) is 12.8. The van der Waals surface area contributed by atoms with Gasteiger partial charge in [-0.2, -0.15) is 0 Å². The van der Waals surface area contributed by atoms with Gasteiger partial charge in [-0.1, -0.05) is 36.8 Å². The molecule has 2 saturated carbocycles. The van der Waals surface area contributed by atoms with Gasteiger partial charge in [-0.3, -0.25) is 4.79 Å². The van der Waals surface area contributed by atoms with E-state index in [9.17, 15) is 4.79 Å². The van der Waals surface area contributed by atoms with Crippen molar-refractivity contribution >= 4 is 5.91 Å². The summed E-state index contributed by atoms with van der Waals surface area (Å²) in [5, 5.41) is 11.3. The second-order valence-corrected chi connectivity index (χ2v) is 6.86. The van der Waals surface area contributed by atoms with E-state index in [1.54, 1.807) is 6.33 Å². The van der Waals surface area contributed by atoms with Gasteiger partial charge in [0.1, 0.15) is 6.33 Å². The van der Waals surface area contributed by atoms with Crippen LogP contribution in [0.15, 0.2) is 36.7 Å². The average molecular weight is 310 g/mol. The molecule has 0 spiro atoms. The second-order valence-electron chi connectivity index (χ2n) is 6.86. The second kappa shape index (κ2) is 5.80. The standard InChI is InChI=1S/C18H22N4O/c23-17(19-12-16-21-20-13-22(16)15-7-8-15)18(9-4-10-18)11-14-5-2-1-3-6-14/h1-3,5-6,13,15H,4,7-12H2,(H,19,23). The van der Waals surface area contributed by atoms with Crippen molar-refractivity contribution in [3.05, 3.63) is 48.0 Å². The first kappa shape index (κ1) is 14.4. The topological polar surface area (TPSA) is 59.8 Å². The molecule has 0 radical (unpaired) electrons. The van der Waals surface area contributed by atoms with Crippen LogP contribution in [0.3, 0.4) is 0 Å². The number of benzene rings is 1. The first-order valence-corrected chi connectivity index (χ1v) is 8.47. The summed E-state index contributed by atoms with van der Waals surface area (Å²) in [6.45, 7) is 0.478. The molecule has 2 aromatic rings. The zero-order valence-corrected chi connectivity index (χ0v) is 13.2. The quantitative estimate of drug-likeness (QED) is 0.892. The number of hydrogen-bond donors (Lipinski definition) is 1. The van der Waals surface area contributed by atoms with Crippen LogP contribution in [0.2, 0.25) is 0 Å². The van der Waals surface area contributed by atoms with E-state index in [0.717, 1.165) is 31.5 Å². The fraction of sp³-hybridized carbons (Fsp3) is 0.500. The first-order valence-electron chi connectivity index (χ1n) is 8.47. The average Bonchev–Trinajstić information content (AvgIpc) is 3.28. The molecule has 120 valence electrons. The highest BCUT2D eigenvalue weighted by Gasteiger charge is 2.43. The number of carbonyl (C=O) groups excluding carboxylic acids is 1. The summed E-state index contributed by atoms with van der Waals surface area (Å²) in [6, 6.07) is 10.9. The van der Waals surface area contributed by atoms with Gasteiger partial charge in [0, 0.05) is 6.04 Å². The van der Waals surface area contributed by atoms with E-state index in [1.807, 2.05) is 18.2 Å². The third kappa shape index (κ3) is 2.87. The van der Waals surface area contributed by atoms with Crippen LogP contribution in [0.5, 0.6) is 0 Å². The molecule has 2 aliphatic rings. The lowest BCUT2D eigenvalue weighted by molar-refractivity contribution is -0.136. The maximum absolute atomic E-state index is 12.8. The molecule has 5 nitrogen and oxygen atoms in total. The molecule has 1 amide bonds. The van der Waals surface area contributed by atoms with Gasteiger partial charge in [0.25, 0.3) is 0 Å². The number of amides is 1. The number of nitrogens with one attached hydrogen (secondary N) is 1. The van der Waals surface area contributed by atoms with Crippen molar-refractivity contribution in [1.82, 2.24) is 20.1 Å². The van der Waals surface area contributed by atoms with E-state index in [4.69, 9.17) is 0 Å². The predicted octanol–water partition coefficient (Wildman–Crippen LogP) is 2.64. The third-order valence-corrected chi connectivity index (χ3v) is 5.17. The minimum absolute atomic E-state index is 0.165. The highest BCUT2D eigenvalue weighted by atomic mass is 16.2. The van der Waals surface area contributed by atoms with Crippen molar-refractivity contribution in [2.45, 2.75) is 51.1 Å². The largest absolute Gasteiger partial charge is 0.348 e. The molecule has 0 saturated heterocycles. The van der Waals surface area contributed by atoms with Crippen molar-refractivity contribution in [1.29, 1.82) is 0 Å². The minimum atomic E-state index is -0.230.